The normalized spacial score (nSPS) is 18.1. The molecule has 0 amide bonds. The quantitative estimate of drug-likeness (QED) is 0.411. The second-order valence-corrected chi connectivity index (χ2v) is 8.76. The topological polar surface area (TPSA) is 90.9 Å². The van der Waals surface area contributed by atoms with Crippen molar-refractivity contribution in [3.63, 3.8) is 0 Å². The van der Waals surface area contributed by atoms with Crippen molar-refractivity contribution < 1.29 is 15.3 Å². The van der Waals surface area contributed by atoms with Crippen LogP contribution in [0, 0.1) is 0 Å². The molecule has 0 saturated carbocycles. The monoisotopic (exact) mass is 449 g/mol. The van der Waals surface area contributed by atoms with Crippen LogP contribution in [0.1, 0.15) is 45.9 Å². The maximum Gasteiger partial charge on any atom is 0.216 e. The first-order chi connectivity index (χ1) is 16.6. The number of aromatic nitrogens is 2. The first-order valence-corrected chi connectivity index (χ1v) is 11.3. The van der Waals surface area contributed by atoms with E-state index in [4.69, 9.17) is 9.98 Å². The van der Waals surface area contributed by atoms with E-state index in [9.17, 15) is 15.3 Å². The molecule has 0 spiro atoms. The van der Waals surface area contributed by atoms with E-state index >= 15 is 0 Å². The zero-order valence-corrected chi connectivity index (χ0v) is 18.3. The van der Waals surface area contributed by atoms with Gasteiger partial charge in [-0.25, -0.2) is 4.98 Å². The van der Waals surface area contributed by atoms with Crippen LogP contribution < -0.4 is 0 Å². The SMILES string of the molecule is Oc1ccc(Cc2nc3n(c2O)C2C=Cc4cc(O)ccc4C2N=C3Cc2ccccc2)cc1. The zero-order chi connectivity index (χ0) is 23.2. The lowest BCUT2D eigenvalue weighted by Gasteiger charge is -2.33. The molecule has 1 aliphatic carbocycles. The van der Waals surface area contributed by atoms with Gasteiger partial charge in [0.2, 0.25) is 5.88 Å². The highest BCUT2D eigenvalue weighted by Gasteiger charge is 2.37. The molecule has 0 saturated heterocycles. The van der Waals surface area contributed by atoms with E-state index in [1.165, 1.54) is 0 Å². The molecule has 3 aromatic carbocycles. The Morgan fingerprint density at radius 1 is 0.794 bits per heavy atom. The number of benzene rings is 3. The maximum absolute atomic E-state index is 11.3. The van der Waals surface area contributed by atoms with Gasteiger partial charge < -0.3 is 15.3 Å². The van der Waals surface area contributed by atoms with Gasteiger partial charge in [0.05, 0.1) is 11.8 Å². The Kier molecular flexibility index (Phi) is 4.73. The largest absolute Gasteiger partial charge is 0.508 e. The Morgan fingerprint density at radius 2 is 1.53 bits per heavy atom. The summed E-state index contributed by atoms with van der Waals surface area (Å²) in [4.78, 5) is 9.99. The minimum absolute atomic E-state index is 0.130. The van der Waals surface area contributed by atoms with Gasteiger partial charge in [-0.2, -0.15) is 0 Å². The summed E-state index contributed by atoms with van der Waals surface area (Å²) in [5, 5.41) is 30.9. The smallest absolute Gasteiger partial charge is 0.216 e. The second-order valence-electron chi connectivity index (χ2n) is 8.76. The summed E-state index contributed by atoms with van der Waals surface area (Å²) in [6.07, 6.45) is 5.02. The van der Waals surface area contributed by atoms with Gasteiger partial charge in [-0.3, -0.25) is 9.56 Å². The predicted octanol–water partition coefficient (Wildman–Crippen LogP) is 4.95. The lowest BCUT2D eigenvalue weighted by molar-refractivity contribution is 0.371. The van der Waals surface area contributed by atoms with Gasteiger partial charge in [0, 0.05) is 12.8 Å². The fourth-order valence-electron chi connectivity index (χ4n) is 4.86. The van der Waals surface area contributed by atoms with Gasteiger partial charge in [-0.1, -0.05) is 60.7 Å². The number of aliphatic imine (C=N–C) groups is 1. The molecule has 4 aromatic rings. The average molecular weight is 450 g/mol. The summed E-state index contributed by atoms with van der Waals surface area (Å²) in [7, 11) is 0. The van der Waals surface area contributed by atoms with Crippen molar-refractivity contribution in [2.45, 2.75) is 24.9 Å². The minimum atomic E-state index is -0.228. The third-order valence-electron chi connectivity index (χ3n) is 6.51. The number of hydrogen-bond donors (Lipinski definition) is 3. The molecule has 168 valence electrons. The number of aromatic hydroxyl groups is 3. The number of phenolic OH excluding ortho intramolecular Hbond substituents is 2. The third-order valence-corrected chi connectivity index (χ3v) is 6.51. The van der Waals surface area contributed by atoms with Gasteiger partial charge in [0.1, 0.15) is 23.2 Å². The summed E-state index contributed by atoms with van der Waals surface area (Å²) in [6, 6.07) is 21.9. The molecule has 0 radical (unpaired) electrons. The van der Waals surface area contributed by atoms with Crippen LogP contribution in [0.2, 0.25) is 0 Å². The van der Waals surface area contributed by atoms with Crippen LogP contribution in [-0.4, -0.2) is 30.6 Å². The molecule has 2 unspecified atom stereocenters. The highest BCUT2D eigenvalue weighted by molar-refractivity contribution is 6.00. The number of imidazole rings is 1. The standard InChI is InChI=1S/C28H23N3O3/c32-20-9-6-18(7-10-20)15-24-28(34)31-25-13-8-19-16-21(33)11-12-22(19)26(25)29-23(27(31)30-24)14-17-4-2-1-3-5-17/h1-13,16,25-26,32-34H,14-15H2. The molecule has 6 nitrogen and oxygen atoms in total. The molecule has 2 atom stereocenters. The Labute approximate surface area is 196 Å². The molecular weight excluding hydrogens is 426 g/mol. The first kappa shape index (κ1) is 20.3. The molecule has 6 heteroatoms. The summed E-state index contributed by atoms with van der Waals surface area (Å²) in [5.74, 6) is 1.22. The maximum atomic E-state index is 11.3. The Bertz CT molecular complexity index is 1440. The van der Waals surface area contributed by atoms with Crippen LogP contribution in [0.5, 0.6) is 17.4 Å². The number of rotatable bonds is 4. The van der Waals surface area contributed by atoms with Crippen molar-refractivity contribution in [1.82, 2.24) is 9.55 Å². The van der Waals surface area contributed by atoms with E-state index in [1.54, 1.807) is 24.3 Å². The van der Waals surface area contributed by atoms with Gasteiger partial charge in [0.25, 0.3) is 0 Å². The minimum Gasteiger partial charge on any atom is -0.508 e. The molecule has 0 bridgehead atoms. The summed E-state index contributed by atoms with van der Waals surface area (Å²) in [5.41, 5.74) is 5.39. The number of phenols is 2. The van der Waals surface area contributed by atoms with Gasteiger partial charge in [-0.15, -0.1) is 0 Å². The van der Waals surface area contributed by atoms with Crippen LogP contribution in [0.4, 0.5) is 0 Å². The fourth-order valence-corrected chi connectivity index (χ4v) is 4.86. The Balaban J connectivity index is 1.47. The van der Waals surface area contributed by atoms with Gasteiger partial charge in [-0.05, 0) is 46.5 Å². The lowest BCUT2D eigenvalue weighted by Crippen LogP contribution is -2.28. The predicted molar refractivity (Wildman–Crippen MR) is 130 cm³/mol. The van der Waals surface area contributed by atoms with Crippen LogP contribution >= 0.6 is 0 Å². The molecule has 2 aliphatic rings. The van der Waals surface area contributed by atoms with Gasteiger partial charge in [0.15, 0.2) is 5.82 Å². The molecule has 1 aliphatic heterocycles. The summed E-state index contributed by atoms with van der Waals surface area (Å²) in [6.45, 7) is 0. The lowest BCUT2D eigenvalue weighted by atomic mass is 9.87. The van der Waals surface area contributed by atoms with E-state index in [0.717, 1.165) is 28.0 Å². The van der Waals surface area contributed by atoms with Crippen molar-refractivity contribution in [3.05, 3.63) is 113 Å². The first-order valence-electron chi connectivity index (χ1n) is 11.3. The highest BCUT2D eigenvalue weighted by Crippen LogP contribution is 2.45. The number of nitrogens with zero attached hydrogens (tertiary/aromatic N) is 3. The second kappa shape index (κ2) is 7.92. The van der Waals surface area contributed by atoms with Crippen LogP contribution in [0.25, 0.3) is 6.08 Å². The van der Waals surface area contributed by atoms with E-state index < -0.39 is 0 Å². The Morgan fingerprint density at radius 3 is 2.32 bits per heavy atom. The molecule has 34 heavy (non-hydrogen) atoms. The van der Waals surface area contributed by atoms with Crippen LogP contribution in [0.3, 0.4) is 0 Å². The molecule has 6 rings (SSSR count). The van der Waals surface area contributed by atoms with E-state index in [2.05, 4.69) is 12.1 Å². The van der Waals surface area contributed by atoms with Crippen molar-refractivity contribution >= 4 is 11.8 Å². The van der Waals surface area contributed by atoms with Crippen molar-refractivity contribution in [3.8, 4) is 17.4 Å². The van der Waals surface area contributed by atoms with E-state index in [1.807, 2.05) is 53.1 Å². The molecule has 0 fully saturated rings. The van der Waals surface area contributed by atoms with Gasteiger partial charge >= 0.3 is 0 Å². The zero-order valence-electron chi connectivity index (χ0n) is 18.3. The molecule has 3 N–H and O–H groups in total. The summed E-state index contributed by atoms with van der Waals surface area (Å²) >= 11 is 0. The highest BCUT2D eigenvalue weighted by atomic mass is 16.3. The van der Waals surface area contributed by atoms with Crippen LogP contribution in [0.15, 0.2) is 83.9 Å². The Hall–Kier alpha value is -4.32. The molecular formula is C28H23N3O3. The van der Waals surface area contributed by atoms with Crippen LogP contribution in [-0.2, 0) is 12.8 Å². The molecule has 1 aromatic heterocycles. The van der Waals surface area contributed by atoms with E-state index in [-0.39, 0.29) is 29.5 Å². The van der Waals surface area contributed by atoms with Crippen molar-refractivity contribution in [2.24, 2.45) is 4.99 Å². The fraction of sp³-hybridized carbons (Fsp3) is 0.143. The number of fused-ring (bicyclic) bond motifs is 5. The average Bonchev–Trinajstić information content (AvgIpc) is 3.17. The number of hydrogen-bond acceptors (Lipinski definition) is 5. The van der Waals surface area contributed by atoms with Crippen molar-refractivity contribution in [2.75, 3.05) is 0 Å². The summed E-state index contributed by atoms with van der Waals surface area (Å²) < 4.78 is 1.89. The van der Waals surface area contributed by atoms with E-state index in [0.29, 0.717) is 24.4 Å². The molecule has 2 heterocycles. The third kappa shape index (κ3) is 3.44. The van der Waals surface area contributed by atoms with Crippen molar-refractivity contribution in [1.29, 1.82) is 0 Å².